The maximum Gasteiger partial charge on any atom is 0.228 e. The van der Waals surface area contributed by atoms with Crippen molar-refractivity contribution >= 4 is 17.2 Å². The van der Waals surface area contributed by atoms with Crippen LogP contribution >= 0.6 is 0 Å². The molecule has 5 nitrogen and oxygen atoms in total. The number of aromatic nitrogens is 2. The molecule has 2 atom stereocenters. The number of pyridine rings is 1. The van der Waals surface area contributed by atoms with Crippen LogP contribution in [0.3, 0.4) is 0 Å². The molecule has 3 N–H and O–H groups in total. The topological polar surface area (TPSA) is 72.4 Å². The Morgan fingerprint density at radius 2 is 1.92 bits per heavy atom. The molecule has 0 aliphatic rings. The molecule has 0 saturated heterocycles. The van der Waals surface area contributed by atoms with Crippen molar-refractivity contribution in [2.75, 3.05) is 5.32 Å². The van der Waals surface area contributed by atoms with Crippen LogP contribution in [-0.2, 0) is 4.79 Å². The van der Waals surface area contributed by atoms with E-state index in [0.29, 0.717) is 0 Å². The molecule has 0 saturated carbocycles. The number of carbonyl (C=O) groups is 1. The lowest BCUT2D eigenvalue weighted by atomic mass is 10.0. The van der Waals surface area contributed by atoms with Crippen LogP contribution in [0.15, 0.2) is 48.8 Å². The summed E-state index contributed by atoms with van der Waals surface area (Å²) in [5, 5.41) is 2.89. The summed E-state index contributed by atoms with van der Waals surface area (Å²) < 4.78 is 2.02. The molecule has 1 amide bonds. The lowest BCUT2D eigenvalue weighted by molar-refractivity contribution is -0.119. The average molecular weight is 322 g/mol. The minimum atomic E-state index is -0.230. The van der Waals surface area contributed by atoms with E-state index in [1.807, 2.05) is 74.0 Å². The molecule has 5 heteroatoms. The second kappa shape index (κ2) is 6.45. The van der Waals surface area contributed by atoms with E-state index in [0.717, 1.165) is 28.2 Å². The summed E-state index contributed by atoms with van der Waals surface area (Å²) in [5.41, 5.74) is 10.5. The van der Waals surface area contributed by atoms with Gasteiger partial charge in [-0.1, -0.05) is 25.1 Å². The van der Waals surface area contributed by atoms with Crippen molar-refractivity contribution in [3.05, 3.63) is 54.4 Å². The number of benzene rings is 1. The number of rotatable bonds is 4. The zero-order chi connectivity index (χ0) is 17.3. The summed E-state index contributed by atoms with van der Waals surface area (Å²) in [7, 11) is 0. The molecule has 0 radical (unpaired) electrons. The number of hydrogen-bond acceptors (Lipinski definition) is 3. The Hall–Kier alpha value is -2.66. The molecule has 3 aromatic rings. The highest BCUT2D eigenvalue weighted by Gasteiger charge is 2.17. The maximum atomic E-state index is 12.1. The zero-order valence-electron chi connectivity index (χ0n) is 14.2. The predicted molar refractivity (Wildman–Crippen MR) is 96.8 cm³/mol. The van der Waals surface area contributed by atoms with Gasteiger partial charge in [0.05, 0.1) is 11.6 Å². The van der Waals surface area contributed by atoms with Gasteiger partial charge in [-0.2, -0.15) is 0 Å². The SMILES string of the molecule is Cc1cccn2cc(-c3ccc(NC(=O)C(C)C(C)N)cc3)nc12. The average Bonchev–Trinajstić information content (AvgIpc) is 3.00. The number of carbonyl (C=O) groups excluding carboxylic acids is 1. The fourth-order valence-corrected chi connectivity index (χ4v) is 2.51. The van der Waals surface area contributed by atoms with Gasteiger partial charge in [-0.25, -0.2) is 4.98 Å². The van der Waals surface area contributed by atoms with E-state index in [9.17, 15) is 4.79 Å². The third-order valence-electron chi connectivity index (χ3n) is 4.33. The van der Waals surface area contributed by atoms with E-state index in [1.54, 1.807) is 0 Å². The van der Waals surface area contributed by atoms with Crippen molar-refractivity contribution in [3.8, 4) is 11.3 Å². The van der Waals surface area contributed by atoms with E-state index in [1.165, 1.54) is 0 Å². The molecule has 2 aromatic heterocycles. The van der Waals surface area contributed by atoms with Crippen molar-refractivity contribution < 1.29 is 4.79 Å². The number of aryl methyl sites for hydroxylation is 1. The number of hydrogen-bond donors (Lipinski definition) is 2. The predicted octanol–water partition coefficient (Wildman–Crippen LogP) is 3.23. The van der Waals surface area contributed by atoms with Gasteiger partial charge in [0.1, 0.15) is 5.65 Å². The molecule has 124 valence electrons. The molecule has 1 aromatic carbocycles. The molecular weight excluding hydrogens is 300 g/mol. The van der Waals surface area contributed by atoms with Crippen molar-refractivity contribution in [2.24, 2.45) is 11.7 Å². The minimum absolute atomic E-state index is 0.0684. The second-order valence-corrected chi connectivity index (χ2v) is 6.26. The minimum Gasteiger partial charge on any atom is -0.327 e. The zero-order valence-corrected chi connectivity index (χ0v) is 14.2. The van der Waals surface area contributed by atoms with E-state index >= 15 is 0 Å². The van der Waals surface area contributed by atoms with Crippen molar-refractivity contribution in [2.45, 2.75) is 26.8 Å². The Bertz CT molecular complexity index is 865. The Labute approximate surface area is 141 Å². The maximum absolute atomic E-state index is 12.1. The first kappa shape index (κ1) is 16.2. The third-order valence-corrected chi connectivity index (χ3v) is 4.33. The van der Waals surface area contributed by atoms with Gasteiger partial charge in [0.15, 0.2) is 0 Å². The molecule has 0 aliphatic carbocycles. The van der Waals surface area contributed by atoms with E-state index in [4.69, 9.17) is 5.73 Å². The van der Waals surface area contributed by atoms with Crippen LogP contribution in [0.4, 0.5) is 5.69 Å². The molecule has 0 fully saturated rings. The molecule has 0 bridgehead atoms. The van der Waals surface area contributed by atoms with E-state index in [2.05, 4.69) is 10.3 Å². The first-order chi connectivity index (χ1) is 11.5. The van der Waals surface area contributed by atoms with Gasteiger partial charge >= 0.3 is 0 Å². The van der Waals surface area contributed by atoms with Gasteiger partial charge in [0.25, 0.3) is 0 Å². The number of amides is 1. The summed E-state index contributed by atoms with van der Waals surface area (Å²) >= 11 is 0. The van der Waals surface area contributed by atoms with Crippen molar-refractivity contribution in [1.29, 1.82) is 0 Å². The number of nitrogens with two attached hydrogens (primary N) is 1. The van der Waals surface area contributed by atoms with Gasteiger partial charge < -0.3 is 15.5 Å². The summed E-state index contributed by atoms with van der Waals surface area (Å²) in [6, 6.07) is 11.6. The number of fused-ring (bicyclic) bond motifs is 1. The van der Waals surface area contributed by atoms with Gasteiger partial charge in [0, 0.05) is 29.7 Å². The Morgan fingerprint density at radius 3 is 2.54 bits per heavy atom. The summed E-state index contributed by atoms with van der Waals surface area (Å²) in [4.78, 5) is 16.7. The molecule has 24 heavy (non-hydrogen) atoms. The van der Waals surface area contributed by atoms with E-state index in [-0.39, 0.29) is 17.9 Å². The molecule has 2 unspecified atom stereocenters. The smallest absolute Gasteiger partial charge is 0.228 e. The van der Waals surface area contributed by atoms with Gasteiger partial charge in [-0.3, -0.25) is 4.79 Å². The van der Waals surface area contributed by atoms with E-state index < -0.39 is 0 Å². The number of nitrogens with zero attached hydrogens (tertiary/aromatic N) is 2. The van der Waals surface area contributed by atoms with Crippen LogP contribution in [0.5, 0.6) is 0 Å². The van der Waals surface area contributed by atoms with Crippen LogP contribution in [0.1, 0.15) is 19.4 Å². The highest BCUT2D eigenvalue weighted by molar-refractivity contribution is 5.93. The van der Waals surface area contributed by atoms with Gasteiger partial charge in [0.2, 0.25) is 5.91 Å². The molecular formula is C19H22N4O. The lowest BCUT2D eigenvalue weighted by Gasteiger charge is -2.15. The number of imidazole rings is 1. The molecule has 0 aliphatic heterocycles. The molecule has 3 rings (SSSR count). The highest BCUT2D eigenvalue weighted by Crippen LogP contribution is 2.22. The largest absolute Gasteiger partial charge is 0.327 e. The Balaban J connectivity index is 1.81. The van der Waals surface area contributed by atoms with Crippen molar-refractivity contribution in [3.63, 3.8) is 0 Å². The fraction of sp³-hybridized carbons (Fsp3) is 0.263. The van der Waals surface area contributed by atoms with Crippen LogP contribution in [-0.4, -0.2) is 21.3 Å². The lowest BCUT2D eigenvalue weighted by Crippen LogP contribution is -2.34. The normalized spacial score (nSPS) is 13.7. The van der Waals surface area contributed by atoms with Crippen LogP contribution in [0.2, 0.25) is 0 Å². The first-order valence-corrected chi connectivity index (χ1v) is 8.07. The van der Waals surface area contributed by atoms with Crippen LogP contribution in [0.25, 0.3) is 16.9 Å². The highest BCUT2D eigenvalue weighted by atomic mass is 16.1. The Morgan fingerprint density at radius 1 is 1.21 bits per heavy atom. The van der Waals surface area contributed by atoms with Crippen molar-refractivity contribution in [1.82, 2.24) is 9.38 Å². The van der Waals surface area contributed by atoms with Crippen LogP contribution < -0.4 is 11.1 Å². The summed E-state index contributed by atoms with van der Waals surface area (Å²) in [6.45, 7) is 5.70. The summed E-state index contributed by atoms with van der Waals surface area (Å²) in [5.74, 6) is -0.299. The molecule has 2 heterocycles. The summed E-state index contributed by atoms with van der Waals surface area (Å²) in [6.07, 6.45) is 4.00. The number of nitrogens with one attached hydrogen (secondary N) is 1. The third kappa shape index (κ3) is 3.16. The quantitative estimate of drug-likeness (QED) is 0.774. The Kier molecular flexibility index (Phi) is 4.36. The standard InChI is InChI=1S/C19H22N4O/c1-12-5-4-10-23-11-17(22-18(12)23)15-6-8-16(9-7-15)21-19(24)13(2)14(3)20/h4-11,13-14H,20H2,1-3H3,(H,21,24). The van der Waals surface area contributed by atoms with Gasteiger partial charge in [-0.15, -0.1) is 0 Å². The monoisotopic (exact) mass is 322 g/mol. The first-order valence-electron chi connectivity index (χ1n) is 8.07. The number of anilines is 1. The van der Waals surface area contributed by atoms with Gasteiger partial charge in [-0.05, 0) is 37.6 Å². The molecule has 0 spiro atoms. The fourth-order valence-electron chi connectivity index (χ4n) is 2.51. The van der Waals surface area contributed by atoms with Crippen LogP contribution in [0, 0.1) is 12.8 Å². The second-order valence-electron chi connectivity index (χ2n) is 6.26.